The molecule has 1 saturated heterocycles. The van der Waals surface area contributed by atoms with Crippen molar-refractivity contribution in [2.45, 2.75) is 29.7 Å². The van der Waals surface area contributed by atoms with E-state index >= 15 is 0 Å². The minimum Gasteiger partial charge on any atom is -0.389 e. The molecule has 3 N–H and O–H groups in total. The van der Waals surface area contributed by atoms with E-state index in [-0.39, 0.29) is 17.2 Å². The normalized spacial score (nSPS) is 33.4. The van der Waals surface area contributed by atoms with Gasteiger partial charge >= 0.3 is 0 Å². The topological polar surface area (TPSA) is 71.1 Å². The van der Waals surface area contributed by atoms with Crippen LogP contribution in [0.5, 0.6) is 0 Å². The van der Waals surface area contributed by atoms with Gasteiger partial charge in [-0.2, -0.15) is 0 Å². The highest BCUT2D eigenvalue weighted by Gasteiger charge is 2.45. The average Bonchev–Trinajstić information content (AvgIpc) is 2.64. The molecule has 2 aliphatic heterocycles. The van der Waals surface area contributed by atoms with Crippen LogP contribution in [0, 0.1) is 0 Å². The number of aliphatic hydroxyl groups excluding tert-OH is 1. The molecule has 1 unspecified atom stereocenters. The number of amidine groups is 1. The molecule has 0 amide bonds. The van der Waals surface area contributed by atoms with Crippen LogP contribution in [0.1, 0.15) is 6.42 Å². The minimum absolute atomic E-state index is 0.204. The van der Waals surface area contributed by atoms with Crippen LogP contribution in [-0.4, -0.2) is 64.9 Å². The molecule has 118 valence electrons. The Bertz CT molecular complexity index is 528. The van der Waals surface area contributed by atoms with Crippen LogP contribution in [0.4, 0.5) is 0 Å². The largest absolute Gasteiger partial charge is 0.389 e. The highest BCUT2D eigenvalue weighted by molar-refractivity contribution is 9.09. The maximum atomic E-state index is 10.4. The standard InChI is InChI=1S/C14H23BrN3O2P/c1-9-17-11(16)5-7-18(9)14-12(15)13(19)10(20-14)6-8-21(2,3)4/h5,7,10,12-14,19H,1-2,6,8H2,3-4H3,(H2,16,17)/t10-,12?,13-,14-/m1/s1. The van der Waals surface area contributed by atoms with Crippen molar-refractivity contribution in [3.8, 4) is 0 Å². The SMILES string of the molecule is C=C1N=C(N)C=CN1[C@@H]1O[C@H](CCP(=C)(C)C)[C@@H](O)C1Br. The number of halogens is 1. The second kappa shape index (κ2) is 6.29. The van der Waals surface area contributed by atoms with Gasteiger partial charge in [-0.05, 0) is 32.0 Å². The van der Waals surface area contributed by atoms with Gasteiger partial charge in [0.2, 0.25) is 0 Å². The van der Waals surface area contributed by atoms with E-state index in [1.807, 2.05) is 0 Å². The Morgan fingerprint density at radius 3 is 2.81 bits per heavy atom. The zero-order valence-corrected chi connectivity index (χ0v) is 14.9. The number of hydrogen-bond donors (Lipinski definition) is 2. The molecule has 0 spiro atoms. The van der Waals surface area contributed by atoms with Gasteiger partial charge < -0.3 is 20.5 Å². The molecule has 0 aromatic carbocycles. The molecule has 2 rings (SSSR count). The van der Waals surface area contributed by atoms with Gasteiger partial charge in [-0.1, -0.05) is 22.5 Å². The lowest BCUT2D eigenvalue weighted by atomic mass is 10.1. The fourth-order valence-corrected chi connectivity index (χ4v) is 4.03. The van der Waals surface area contributed by atoms with Crippen molar-refractivity contribution < 1.29 is 9.84 Å². The molecule has 1 fully saturated rings. The summed E-state index contributed by atoms with van der Waals surface area (Å²) in [5.74, 6) is 0.934. The van der Waals surface area contributed by atoms with E-state index in [4.69, 9.17) is 10.5 Å². The van der Waals surface area contributed by atoms with E-state index in [9.17, 15) is 5.11 Å². The highest BCUT2D eigenvalue weighted by Crippen LogP contribution is 2.40. The van der Waals surface area contributed by atoms with Crippen molar-refractivity contribution in [2.75, 3.05) is 19.5 Å². The zero-order valence-electron chi connectivity index (χ0n) is 12.4. The summed E-state index contributed by atoms with van der Waals surface area (Å²) in [7, 11) is 0. The van der Waals surface area contributed by atoms with Gasteiger partial charge in [0.1, 0.15) is 11.7 Å². The third kappa shape index (κ3) is 4.01. The number of hydrogen-bond acceptors (Lipinski definition) is 5. The lowest BCUT2D eigenvalue weighted by Gasteiger charge is -2.30. The molecule has 4 atom stereocenters. The van der Waals surface area contributed by atoms with Gasteiger partial charge in [0.25, 0.3) is 0 Å². The summed E-state index contributed by atoms with van der Waals surface area (Å²) in [5, 5.41) is 10.4. The molecule has 0 bridgehead atoms. The Morgan fingerprint density at radius 1 is 1.57 bits per heavy atom. The maximum absolute atomic E-state index is 10.4. The molecule has 0 radical (unpaired) electrons. The highest BCUT2D eigenvalue weighted by atomic mass is 79.9. The summed E-state index contributed by atoms with van der Waals surface area (Å²) in [6.45, 7) is 7.12. The molecular formula is C14H23BrN3O2P. The number of aliphatic hydroxyl groups is 1. The molecule has 2 heterocycles. The van der Waals surface area contributed by atoms with Crippen molar-refractivity contribution in [3.63, 3.8) is 0 Å². The molecule has 0 saturated carbocycles. The van der Waals surface area contributed by atoms with Gasteiger partial charge in [-0.25, -0.2) is 4.99 Å². The lowest BCUT2D eigenvalue weighted by molar-refractivity contribution is -0.0345. The average molecular weight is 376 g/mol. The van der Waals surface area contributed by atoms with Crippen LogP contribution < -0.4 is 5.73 Å². The summed E-state index contributed by atoms with van der Waals surface area (Å²) in [4.78, 5) is 5.72. The third-order valence-electron chi connectivity index (χ3n) is 3.55. The predicted octanol–water partition coefficient (Wildman–Crippen LogP) is 1.59. The first-order valence-electron chi connectivity index (χ1n) is 6.83. The lowest BCUT2D eigenvalue weighted by Crippen LogP contribution is -2.38. The minimum atomic E-state index is -1.13. The summed E-state index contributed by atoms with van der Waals surface area (Å²) in [6, 6.07) is 0. The summed E-state index contributed by atoms with van der Waals surface area (Å²) >= 11 is 3.53. The Hall–Kier alpha value is -0.550. The fourth-order valence-electron chi connectivity index (χ4n) is 2.36. The number of nitrogens with zero attached hydrogens (tertiary/aromatic N) is 2. The van der Waals surface area contributed by atoms with Gasteiger partial charge in [-0.3, -0.25) is 0 Å². The van der Waals surface area contributed by atoms with Crippen LogP contribution in [0.2, 0.25) is 0 Å². The molecule has 21 heavy (non-hydrogen) atoms. The molecule has 0 aromatic rings. The maximum Gasteiger partial charge on any atom is 0.150 e. The summed E-state index contributed by atoms with van der Waals surface area (Å²) in [5.41, 5.74) is 5.64. The van der Waals surface area contributed by atoms with Crippen molar-refractivity contribution in [1.82, 2.24) is 4.90 Å². The van der Waals surface area contributed by atoms with Crippen LogP contribution in [0.3, 0.4) is 0 Å². The molecule has 7 heteroatoms. The van der Waals surface area contributed by atoms with E-state index in [1.54, 1.807) is 17.2 Å². The second-order valence-corrected chi connectivity index (χ2v) is 11.5. The van der Waals surface area contributed by atoms with E-state index < -0.39 is 13.0 Å². The number of rotatable bonds is 4. The van der Waals surface area contributed by atoms with Crippen LogP contribution in [0.25, 0.3) is 0 Å². The van der Waals surface area contributed by atoms with E-state index in [1.165, 1.54) is 0 Å². The first kappa shape index (κ1) is 16.8. The van der Waals surface area contributed by atoms with Crippen molar-refractivity contribution >= 4 is 35.0 Å². The van der Waals surface area contributed by atoms with E-state index in [0.29, 0.717) is 11.7 Å². The van der Waals surface area contributed by atoms with E-state index in [0.717, 1.165) is 12.6 Å². The Morgan fingerprint density at radius 2 is 2.24 bits per heavy atom. The first-order valence-corrected chi connectivity index (χ1v) is 10.8. The monoisotopic (exact) mass is 375 g/mol. The quantitative estimate of drug-likeness (QED) is 0.578. The van der Waals surface area contributed by atoms with Crippen LogP contribution in [0.15, 0.2) is 29.7 Å². The van der Waals surface area contributed by atoms with Crippen LogP contribution >= 0.6 is 22.8 Å². The summed E-state index contributed by atoms with van der Waals surface area (Å²) < 4.78 is 6.02. The molecule has 2 aliphatic rings. The van der Waals surface area contributed by atoms with Gasteiger partial charge in [0.15, 0.2) is 6.23 Å². The number of ether oxygens (including phenoxy) is 1. The van der Waals surface area contributed by atoms with Gasteiger partial charge in [0, 0.05) is 6.20 Å². The van der Waals surface area contributed by atoms with Crippen molar-refractivity contribution in [2.24, 2.45) is 10.7 Å². The Labute approximate surface area is 134 Å². The Balaban J connectivity index is 2.05. The van der Waals surface area contributed by atoms with Crippen molar-refractivity contribution in [3.05, 3.63) is 24.7 Å². The predicted molar refractivity (Wildman–Crippen MR) is 94.5 cm³/mol. The van der Waals surface area contributed by atoms with Gasteiger partial charge in [-0.15, -0.1) is 13.2 Å². The third-order valence-corrected chi connectivity index (χ3v) is 6.01. The number of nitrogens with two attached hydrogens (primary N) is 1. The molecule has 0 aliphatic carbocycles. The fraction of sp³-hybridized carbons (Fsp3) is 0.571. The molecule has 0 aromatic heterocycles. The second-order valence-electron chi connectivity index (χ2n) is 6.12. The van der Waals surface area contributed by atoms with Crippen LogP contribution in [-0.2, 0) is 4.74 Å². The molecular weight excluding hydrogens is 353 g/mol. The van der Waals surface area contributed by atoms with Gasteiger partial charge in [0.05, 0.1) is 17.0 Å². The van der Waals surface area contributed by atoms with Crippen molar-refractivity contribution in [1.29, 1.82) is 0 Å². The molecule has 5 nitrogen and oxygen atoms in total. The van der Waals surface area contributed by atoms with E-state index in [2.05, 4.69) is 47.1 Å². The number of aliphatic imine (C=N–C) groups is 1. The Kier molecular flexibility index (Phi) is 5.03. The number of alkyl halides is 1. The summed E-state index contributed by atoms with van der Waals surface area (Å²) in [6.07, 6.45) is 8.37. The smallest absolute Gasteiger partial charge is 0.150 e. The first-order chi connectivity index (χ1) is 9.69. The zero-order chi connectivity index (χ0) is 15.8.